The summed E-state index contributed by atoms with van der Waals surface area (Å²) in [4.78, 5) is 11.1. The standard InChI is InChI=1S/C15H14O2/c1-10-7-11(2)9-12(8-10)13-5-3-4-6-14(13)15(16)17/h3-9H,1-2H3,(H,16,17)/p-1. The summed E-state index contributed by atoms with van der Waals surface area (Å²) in [6.45, 7) is 4.00. The molecule has 0 spiro atoms. The van der Waals surface area contributed by atoms with E-state index in [1.807, 2.05) is 32.0 Å². The van der Waals surface area contributed by atoms with Crippen molar-refractivity contribution in [1.29, 1.82) is 0 Å². The van der Waals surface area contributed by atoms with Crippen LogP contribution in [0, 0.1) is 13.8 Å². The second kappa shape index (κ2) is 4.42. The predicted octanol–water partition coefficient (Wildman–Crippen LogP) is 2.33. The van der Waals surface area contributed by atoms with Gasteiger partial charge in [0.05, 0.1) is 5.97 Å². The van der Waals surface area contributed by atoms with Crippen LogP contribution < -0.4 is 5.11 Å². The van der Waals surface area contributed by atoms with Crippen molar-refractivity contribution in [3.05, 3.63) is 59.2 Å². The van der Waals surface area contributed by atoms with Crippen molar-refractivity contribution >= 4 is 5.97 Å². The van der Waals surface area contributed by atoms with E-state index in [9.17, 15) is 9.90 Å². The fourth-order valence-electron chi connectivity index (χ4n) is 2.04. The zero-order chi connectivity index (χ0) is 12.4. The molecule has 86 valence electrons. The first kappa shape index (κ1) is 11.4. The minimum Gasteiger partial charge on any atom is -0.545 e. The molecule has 0 heterocycles. The fourth-order valence-corrected chi connectivity index (χ4v) is 2.04. The Kier molecular flexibility index (Phi) is 2.96. The first-order chi connectivity index (χ1) is 8.08. The Bertz CT molecular complexity index is 551. The number of carboxylic acid groups (broad SMARTS) is 1. The van der Waals surface area contributed by atoms with Gasteiger partial charge in [-0.2, -0.15) is 0 Å². The summed E-state index contributed by atoms with van der Waals surface area (Å²) in [5.74, 6) is -1.14. The quantitative estimate of drug-likeness (QED) is 0.787. The molecular weight excluding hydrogens is 212 g/mol. The molecule has 0 aliphatic rings. The van der Waals surface area contributed by atoms with Crippen LogP contribution in [0.5, 0.6) is 0 Å². The topological polar surface area (TPSA) is 40.1 Å². The minimum absolute atomic E-state index is 0.234. The van der Waals surface area contributed by atoms with Gasteiger partial charge < -0.3 is 9.90 Å². The van der Waals surface area contributed by atoms with E-state index >= 15 is 0 Å². The summed E-state index contributed by atoms with van der Waals surface area (Å²) >= 11 is 0. The lowest BCUT2D eigenvalue weighted by molar-refractivity contribution is -0.254. The van der Waals surface area contributed by atoms with Gasteiger partial charge in [-0.1, -0.05) is 53.6 Å². The third-order valence-corrected chi connectivity index (χ3v) is 2.68. The number of carbonyl (C=O) groups is 1. The Balaban J connectivity index is 2.64. The van der Waals surface area contributed by atoms with Gasteiger partial charge in [-0.15, -0.1) is 0 Å². The lowest BCUT2D eigenvalue weighted by Crippen LogP contribution is -2.22. The molecule has 0 radical (unpaired) electrons. The Morgan fingerprint density at radius 3 is 2.18 bits per heavy atom. The van der Waals surface area contributed by atoms with Crippen LogP contribution in [-0.2, 0) is 0 Å². The van der Waals surface area contributed by atoms with E-state index in [2.05, 4.69) is 6.07 Å². The third-order valence-electron chi connectivity index (χ3n) is 2.68. The van der Waals surface area contributed by atoms with Crippen molar-refractivity contribution < 1.29 is 9.90 Å². The Morgan fingerprint density at radius 1 is 1.00 bits per heavy atom. The molecule has 0 fully saturated rings. The minimum atomic E-state index is -1.14. The number of aromatic carboxylic acids is 1. The largest absolute Gasteiger partial charge is 0.545 e. The Labute approximate surface area is 101 Å². The van der Waals surface area contributed by atoms with Gasteiger partial charge in [0.15, 0.2) is 0 Å². The molecule has 2 nitrogen and oxygen atoms in total. The monoisotopic (exact) mass is 225 g/mol. The van der Waals surface area contributed by atoms with Gasteiger partial charge in [0.25, 0.3) is 0 Å². The zero-order valence-corrected chi connectivity index (χ0v) is 9.86. The molecule has 0 aliphatic heterocycles. The van der Waals surface area contributed by atoms with Crippen molar-refractivity contribution in [2.45, 2.75) is 13.8 Å². The molecule has 0 unspecified atom stereocenters. The number of carbonyl (C=O) groups excluding carboxylic acids is 1. The fraction of sp³-hybridized carbons (Fsp3) is 0.133. The molecule has 2 aromatic rings. The number of aryl methyl sites for hydroxylation is 2. The highest BCUT2D eigenvalue weighted by molar-refractivity contribution is 5.94. The van der Waals surface area contributed by atoms with E-state index in [0.717, 1.165) is 16.7 Å². The van der Waals surface area contributed by atoms with Crippen molar-refractivity contribution in [1.82, 2.24) is 0 Å². The first-order valence-corrected chi connectivity index (χ1v) is 5.47. The number of benzene rings is 2. The summed E-state index contributed by atoms with van der Waals surface area (Å²) in [7, 11) is 0. The van der Waals surface area contributed by atoms with Crippen LogP contribution in [-0.4, -0.2) is 5.97 Å². The maximum Gasteiger partial charge on any atom is 0.0721 e. The molecule has 0 saturated carbocycles. The SMILES string of the molecule is Cc1cc(C)cc(-c2ccccc2C(=O)[O-])c1. The van der Waals surface area contributed by atoms with Crippen LogP contribution in [0.2, 0.25) is 0 Å². The van der Waals surface area contributed by atoms with E-state index in [1.165, 1.54) is 0 Å². The maximum absolute atomic E-state index is 11.1. The van der Waals surface area contributed by atoms with Gasteiger partial charge in [-0.3, -0.25) is 0 Å². The first-order valence-electron chi connectivity index (χ1n) is 5.47. The lowest BCUT2D eigenvalue weighted by atomic mass is 9.97. The molecular formula is C15H13O2-. The molecule has 0 saturated heterocycles. The van der Waals surface area contributed by atoms with Crippen LogP contribution in [0.25, 0.3) is 11.1 Å². The Hall–Kier alpha value is -2.09. The van der Waals surface area contributed by atoms with Crippen LogP contribution in [0.3, 0.4) is 0 Å². The smallest absolute Gasteiger partial charge is 0.0721 e. The Morgan fingerprint density at radius 2 is 1.59 bits per heavy atom. The van der Waals surface area contributed by atoms with Crippen LogP contribution in [0.15, 0.2) is 42.5 Å². The summed E-state index contributed by atoms with van der Waals surface area (Å²) in [6.07, 6.45) is 0. The molecule has 0 N–H and O–H groups in total. The van der Waals surface area contributed by atoms with Gasteiger partial charge in [0.2, 0.25) is 0 Å². The predicted molar refractivity (Wildman–Crippen MR) is 65.7 cm³/mol. The number of hydrogen-bond donors (Lipinski definition) is 0. The second-order valence-electron chi connectivity index (χ2n) is 4.21. The van der Waals surface area contributed by atoms with E-state index in [-0.39, 0.29) is 5.56 Å². The average molecular weight is 225 g/mol. The molecule has 0 amide bonds. The summed E-state index contributed by atoms with van der Waals surface area (Å²) in [6, 6.07) is 12.9. The number of carboxylic acids is 1. The van der Waals surface area contributed by atoms with Gasteiger partial charge in [-0.05, 0) is 25.0 Å². The molecule has 0 bridgehead atoms. The number of rotatable bonds is 2. The molecule has 2 aromatic carbocycles. The van der Waals surface area contributed by atoms with Gasteiger partial charge in [-0.25, -0.2) is 0 Å². The molecule has 2 heteroatoms. The average Bonchev–Trinajstić information content (AvgIpc) is 2.27. The van der Waals surface area contributed by atoms with Crippen molar-refractivity contribution in [3.8, 4) is 11.1 Å². The van der Waals surface area contributed by atoms with Crippen molar-refractivity contribution in [2.24, 2.45) is 0 Å². The van der Waals surface area contributed by atoms with Gasteiger partial charge in [0, 0.05) is 5.56 Å². The summed E-state index contributed by atoms with van der Waals surface area (Å²) in [5.41, 5.74) is 4.10. The molecule has 2 rings (SSSR count). The van der Waals surface area contributed by atoms with Gasteiger partial charge >= 0.3 is 0 Å². The van der Waals surface area contributed by atoms with E-state index in [0.29, 0.717) is 5.56 Å². The van der Waals surface area contributed by atoms with Crippen LogP contribution in [0.4, 0.5) is 0 Å². The lowest BCUT2D eigenvalue weighted by Gasteiger charge is -2.11. The van der Waals surface area contributed by atoms with E-state index in [4.69, 9.17) is 0 Å². The zero-order valence-electron chi connectivity index (χ0n) is 9.86. The van der Waals surface area contributed by atoms with Crippen molar-refractivity contribution in [2.75, 3.05) is 0 Å². The highest BCUT2D eigenvalue weighted by Gasteiger charge is 2.05. The molecule has 0 atom stereocenters. The number of hydrogen-bond acceptors (Lipinski definition) is 2. The second-order valence-corrected chi connectivity index (χ2v) is 4.21. The summed E-state index contributed by atoms with van der Waals surface area (Å²) < 4.78 is 0. The molecule has 0 aliphatic carbocycles. The van der Waals surface area contributed by atoms with Gasteiger partial charge in [0.1, 0.15) is 0 Å². The van der Waals surface area contributed by atoms with E-state index in [1.54, 1.807) is 18.2 Å². The highest BCUT2D eigenvalue weighted by atomic mass is 16.4. The summed E-state index contributed by atoms with van der Waals surface area (Å²) in [5, 5.41) is 11.1. The van der Waals surface area contributed by atoms with Crippen LogP contribution in [0.1, 0.15) is 21.5 Å². The highest BCUT2D eigenvalue weighted by Crippen LogP contribution is 2.25. The molecule has 0 aromatic heterocycles. The third kappa shape index (κ3) is 2.36. The van der Waals surface area contributed by atoms with Crippen molar-refractivity contribution in [3.63, 3.8) is 0 Å². The maximum atomic E-state index is 11.1. The van der Waals surface area contributed by atoms with Crippen LogP contribution >= 0.6 is 0 Å². The molecule has 17 heavy (non-hydrogen) atoms. The normalized spacial score (nSPS) is 10.2. The van der Waals surface area contributed by atoms with E-state index < -0.39 is 5.97 Å².